The van der Waals surface area contributed by atoms with E-state index in [4.69, 9.17) is 9.47 Å². The van der Waals surface area contributed by atoms with Crippen LogP contribution in [0.3, 0.4) is 0 Å². The number of β-amino-alcohol motifs (C(OH)–C–C–N with tert-alkyl or cyclic N) is 1. The van der Waals surface area contributed by atoms with Crippen molar-refractivity contribution >= 4 is 29.1 Å². The highest BCUT2D eigenvalue weighted by atomic mass is 32.1. The van der Waals surface area contributed by atoms with Gasteiger partial charge in [0.2, 0.25) is 11.8 Å². The third-order valence-electron chi connectivity index (χ3n) is 7.75. The lowest BCUT2D eigenvalue weighted by Crippen LogP contribution is -2.60. The van der Waals surface area contributed by atoms with Crippen molar-refractivity contribution in [3.05, 3.63) is 41.0 Å². The highest BCUT2D eigenvalue weighted by Gasteiger charge is 2.45. The first-order chi connectivity index (χ1) is 20.0. The van der Waals surface area contributed by atoms with Crippen LogP contribution in [-0.4, -0.2) is 108 Å². The van der Waals surface area contributed by atoms with Gasteiger partial charge in [-0.05, 0) is 23.5 Å². The van der Waals surface area contributed by atoms with Crippen LogP contribution < -0.4 is 10.6 Å². The first-order valence-electron chi connectivity index (χ1n) is 14.4. The molecule has 4 rings (SSSR count). The van der Waals surface area contributed by atoms with Crippen LogP contribution in [0.4, 0.5) is 0 Å². The van der Waals surface area contributed by atoms with Crippen LogP contribution in [0.5, 0.6) is 0 Å². The second kappa shape index (κ2) is 14.0. The number of nitrogens with one attached hydrogen (secondary N) is 2. The standard InChI is InChI=1S/C30H43N5O6S/c1-19-25(42-18-32-19)21-8-6-20(7-9-21)15-31-27(37)23-14-22(36)16-35(23)29(39)26(30(2,3)4)33-28(38)24-17-34(10-12-40-5)11-13-41-24/h6-9,18,22-24,26,36H,10-17H2,1-5H3,(H,31,37)(H,33,38). The molecule has 4 atom stereocenters. The first-order valence-corrected chi connectivity index (χ1v) is 15.2. The number of aryl methyl sites for hydroxylation is 1. The van der Waals surface area contributed by atoms with E-state index in [2.05, 4.69) is 20.5 Å². The fourth-order valence-electron chi connectivity index (χ4n) is 5.30. The summed E-state index contributed by atoms with van der Waals surface area (Å²) in [6, 6.07) is 6.16. The van der Waals surface area contributed by atoms with Gasteiger partial charge < -0.3 is 30.1 Å². The van der Waals surface area contributed by atoms with E-state index in [1.54, 1.807) is 18.4 Å². The smallest absolute Gasteiger partial charge is 0.251 e. The number of likely N-dealkylation sites (tertiary alicyclic amines) is 1. The number of aliphatic hydroxyl groups is 1. The van der Waals surface area contributed by atoms with Gasteiger partial charge in [-0.25, -0.2) is 4.98 Å². The van der Waals surface area contributed by atoms with E-state index >= 15 is 0 Å². The van der Waals surface area contributed by atoms with Crippen LogP contribution in [0.15, 0.2) is 29.8 Å². The maximum Gasteiger partial charge on any atom is 0.251 e. The molecule has 4 unspecified atom stereocenters. The van der Waals surface area contributed by atoms with Gasteiger partial charge in [0, 0.05) is 46.3 Å². The van der Waals surface area contributed by atoms with Crippen molar-refractivity contribution in [3.8, 4) is 10.4 Å². The van der Waals surface area contributed by atoms with E-state index in [-0.39, 0.29) is 31.3 Å². The summed E-state index contributed by atoms with van der Waals surface area (Å²) < 4.78 is 10.9. The average molecular weight is 602 g/mol. The largest absolute Gasteiger partial charge is 0.391 e. The van der Waals surface area contributed by atoms with Crippen LogP contribution in [0.25, 0.3) is 10.4 Å². The molecule has 1 aromatic heterocycles. The summed E-state index contributed by atoms with van der Waals surface area (Å²) in [5, 5.41) is 16.3. The van der Waals surface area contributed by atoms with Crippen molar-refractivity contribution in [1.29, 1.82) is 0 Å². The van der Waals surface area contributed by atoms with Crippen molar-refractivity contribution in [2.45, 2.75) is 65.0 Å². The number of benzene rings is 1. The Bertz CT molecular complexity index is 1230. The summed E-state index contributed by atoms with van der Waals surface area (Å²) in [6.07, 6.45) is -1.42. The fourth-order valence-corrected chi connectivity index (χ4v) is 6.11. The van der Waals surface area contributed by atoms with Crippen molar-refractivity contribution in [2.24, 2.45) is 5.41 Å². The molecule has 1 aromatic carbocycles. The van der Waals surface area contributed by atoms with Crippen LogP contribution in [0.2, 0.25) is 0 Å². The monoisotopic (exact) mass is 601 g/mol. The lowest BCUT2D eigenvalue weighted by atomic mass is 9.85. The number of methoxy groups -OCH3 is 1. The number of amides is 3. The zero-order valence-electron chi connectivity index (χ0n) is 25.1. The average Bonchev–Trinajstić information content (AvgIpc) is 3.58. The molecule has 0 saturated carbocycles. The second-order valence-corrected chi connectivity index (χ2v) is 12.9. The molecule has 3 heterocycles. The molecular formula is C30H43N5O6S. The Morgan fingerprint density at radius 3 is 2.57 bits per heavy atom. The highest BCUT2D eigenvalue weighted by molar-refractivity contribution is 7.13. The van der Waals surface area contributed by atoms with E-state index in [0.29, 0.717) is 32.8 Å². The van der Waals surface area contributed by atoms with Gasteiger partial charge in [-0.15, -0.1) is 11.3 Å². The predicted octanol–water partition coefficient (Wildman–Crippen LogP) is 1.57. The number of aliphatic hydroxyl groups excluding tert-OH is 1. The zero-order chi connectivity index (χ0) is 30.4. The van der Waals surface area contributed by atoms with Gasteiger partial charge in [0.1, 0.15) is 18.2 Å². The number of hydrogen-bond donors (Lipinski definition) is 3. The summed E-state index contributed by atoms with van der Waals surface area (Å²) >= 11 is 1.58. The Kier molecular flexibility index (Phi) is 10.7. The van der Waals surface area contributed by atoms with E-state index in [1.165, 1.54) is 4.90 Å². The summed E-state index contributed by atoms with van der Waals surface area (Å²) in [4.78, 5) is 49.3. The molecule has 0 radical (unpaired) electrons. The number of ether oxygens (including phenoxy) is 2. The molecule has 2 fully saturated rings. The number of carbonyl (C=O) groups is 3. The second-order valence-electron chi connectivity index (χ2n) is 12.0. The molecule has 2 aromatic rings. The molecule has 2 aliphatic heterocycles. The third kappa shape index (κ3) is 7.93. The number of aromatic nitrogens is 1. The fraction of sp³-hybridized carbons (Fsp3) is 0.600. The number of nitrogens with zero attached hydrogens (tertiary/aromatic N) is 3. The van der Waals surface area contributed by atoms with E-state index < -0.39 is 35.6 Å². The van der Waals surface area contributed by atoms with Crippen molar-refractivity contribution in [2.75, 3.05) is 46.5 Å². The minimum absolute atomic E-state index is 0.0208. The molecule has 0 bridgehead atoms. The Morgan fingerprint density at radius 1 is 1.19 bits per heavy atom. The zero-order valence-corrected chi connectivity index (χ0v) is 25.9. The number of thiazole rings is 1. The Hall–Kier alpha value is -2.90. The van der Waals surface area contributed by atoms with Gasteiger partial charge >= 0.3 is 0 Å². The van der Waals surface area contributed by atoms with Crippen LogP contribution in [0.1, 0.15) is 38.4 Å². The molecule has 2 aliphatic rings. The molecule has 230 valence electrons. The maximum absolute atomic E-state index is 13.9. The lowest BCUT2D eigenvalue weighted by molar-refractivity contribution is -0.148. The molecule has 42 heavy (non-hydrogen) atoms. The predicted molar refractivity (Wildman–Crippen MR) is 160 cm³/mol. The molecule has 0 aliphatic carbocycles. The first kappa shape index (κ1) is 32.0. The van der Waals surface area contributed by atoms with Crippen molar-refractivity contribution in [3.63, 3.8) is 0 Å². The van der Waals surface area contributed by atoms with Crippen LogP contribution >= 0.6 is 11.3 Å². The minimum atomic E-state index is -0.911. The van der Waals surface area contributed by atoms with Gasteiger partial charge in [0.05, 0.1) is 35.4 Å². The number of hydrogen-bond acceptors (Lipinski definition) is 9. The molecule has 0 spiro atoms. The van der Waals surface area contributed by atoms with Gasteiger partial charge in [-0.2, -0.15) is 0 Å². The molecule has 11 nitrogen and oxygen atoms in total. The van der Waals surface area contributed by atoms with Gasteiger partial charge in [-0.1, -0.05) is 45.0 Å². The van der Waals surface area contributed by atoms with Crippen molar-refractivity contribution < 1.29 is 29.0 Å². The Morgan fingerprint density at radius 2 is 1.93 bits per heavy atom. The number of rotatable bonds is 10. The molecule has 2 saturated heterocycles. The van der Waals surface area contributed by atoms with Gasteiger partial charge in [0.15, 0.2) is 0 Å². The Labute approximate surface area is 251 Å². The Balaban J connectivity index is 1.39. The van der Waals surface area contributed by atoms with E-state index in [1.807, 2.05) is 57.5 Å². The third-order valence-corrected chi connectivity index (χ3v) is 8.72. The van der Waals surface area contributed by atoms with Crippen LogP contribution in [0, 0.1) is 12.3 Å². The van der Waals surface area contributed by atoms with Crippen LogP contribution in [-0.2, 0) is 30.4 Å². The molecule has 3 N–H and O–H groups in total. The quantitative estimate of drug-likeness (QED) is 0.374. The normalized spacial score (nSPS) is 22.1. The summed E-state index contributed by atoms with van der Waals surface area (Å²) in [5.74, 6) is -1.11. The molecule has 3 amide bonds. The molecular weight excluding hydrogens is 558 g/mol. The lowest BCUT2D eigenvalue weighted by Gasteiger charge is -2.37. The summed E-state index contributed by atoms with van der Waals surface area (Å²) in [7, 11) is 1.63. The summed E-state index contributed by atoms with van der Waals surface area (Å²) in [5.41, 5.74) is 4.13. The summed E-state index contributed by atoms with van der Waals surface area (Å²) in [6.45, 7) is 10.6. The topological polar surface area (TPSA) is 133 Å². The van der Waals surface area contributed by atoms with Gasteiger partial charge in [-0.3, -0.25) is 19.3 Å². The number of carbonyl (C=O) groups excluding carboxylic acids is 3. The highest BCUT2D eigenvalue weighted by Crippen LogP contribution is 2.28. The van der Waals surface area contributed by atoms with E-state index in [0.717, 1.165) is 21.7 Å². The van der Waals surface area contributed by atoms with Gasteiger partial charge in [0.25, 0.3) is 5.91 Å². The maximum atomic E-state index is 13.9. The molecule has 12 heteroatoms. The van der Waals surface area contributed by atoms with Crippen molar-refractivity contribution in [1.82, 2.24) is 25.4 Å². The SMILES string of the molecule is COCCN1CCOC(C(=O)NC(C(=O)N2CC(O)CC2C(=O)NCc2ccc(-c3scnc3C)cc2)C(C)(C)C)C1. The minimum Gasteiger partial charge on any atom is -0.391 e. The van der Waals surface area contributed by atoms with E-state index in [9.17, 15) is 19.5 Å². The number of morpholine rings is 1.